The van der Waals surface area contributed by atoms with Crippen molar-refractivity contribution < 1.29 is 19.4 Å². The normalized spacial score (nSPS) is 36.0. The first-order chi connectivity index (χ1) is 14.6. The number of ether oxygens (including phenoxy) is 2. The van der Waals surface area contributed by atoms with Crippen molar-refractivity contribution >= 4 is 5.97 Å². The van der Waals surface area contributed by atoms with Crippen LogP contribution in [0.25, 0.3) is 0 Å². The second kappa shape index (κ2) is 9.16. The molecule has 6 nitrogen and oxygen atoms in total. The molecule has 0 bridgehead atoms. The summed E-state index contributed by atoms with van der Waals surface area (Å²) in [5.41, 5.74) is 0.152. The van der Waals surface area contributed by atoms with E-state index in [9.17, 15) is 9.90 Å². The fourth-order valence-electron chi connectivity index (χ4n) is 6.62. The molecule has 32 heavy (non-hydrogen) atoms. The maximum atomic E-state index is 12.7. The molecule has 1 saturated carbocycles. The molecule has 3 atom stereocenters. The first kappa shape index (κ1) is 25.9. The van der Waals surface area contributed by atoms with Gasteiger partial charge in [0.2, 0.25) is 0 Å². The van der Waals surface area contributed by atoms with Gasteiger partial charge in [-0.25, -0.2) is 0 Å². The van der Waals surface area contributed by atoms with E-state index in [4.69, 9.17) is 9.47 Å². The van der Waals surface area contributed by atoms with Crippen LogP contribution in [0.15, 0.2) is 0 Å². The molecule has 2 aliphatic heterocycles. The van der Waals surface area contributed by atoms with Crippen LogP contribution in [0, 0.1) is 23.7 Å². The van der Waals surface area contributed by atoms with Crippen molar-refractivity contribution in [1.29, 1.82) is 0 Å². The summed E-state index contributed by atoms with van der Waals surface area (Å²) in [6.45, 7) is 18.7. The summed E-state index contributed by atoms with van der Waals surface area (Å²) < 4.78 is 11.7. The highest BCUT2D eigenvalue weighted by Gasteiger charge is 2.46. The van der Waals surface area contributed by atoms with Gasteiger partial charge in [0.25, 0.3) is 0 Å². The van der Waals surface area contributed by atoms with Crippen LogP contribution in [-0.4, -0.2) is 52.7 Å². The number of hydrogen-bond donors (Lipinski definition) is 3. The van der Waals surface area contributed by atoms with Gasteiger partial charge in [-0.3, -0.25) is 4.79 Å². The summed E-state index contributed by atoms with van der Waals surface area (Å²) in [7, 11) is 0. The van der Waals surface area contributed by atoms with E-state index in [1.807, 2.05) is 0 Å². The van der Waals surface area contributed by atoms with Crippen molar-refractivity contribution in [2.75, 3.05) is 13.2 Å². The van der Waals surface area contributed by atoms with E-state index in [2.05, 4.69) is 66.0 Å². The maximum absolute atomic E-state index is 12.7. The summed E-state index contributed by atoms with van der Waals surface area (Å²) >= 11 is 0. The molecule has 3 aliphatic rings. The summed E-state index contributed by atoms with van der Waals surface area (Å²) in [5, 5.41) is 18.0. The second-order valence-electron chi connectivity index (χ2n) is 13.2. The van der Waals surface area contributed by atoms with Gasteiger partial charge < -0.3 is 25.2 Å². The molecule has 3 rings (SSSR count). The number of aliphatic hydroxyl groups excluding tert-OH is 1. The summed E-state index contributed by atoms with van der Waals surface area (Å²) in [5.74, 6) is 0.677. The average Bonchev–Trinajstić information content (AvgIpc) is 3.01. The predicted octanol–water partition coefficient (Wildman–Crippen LogP) is 4.00. The van der Waals surface area contributed by atoms with Crippen LogP contribution in [0.2, 0.25) is 0 Å². The first-order valence-electron chi connectivity index (χ1n) is 12.7. The molecule has 0 aromatic rings. The van der Waals surface area contributed by atoms with Crippen LogP contribution in [0.5, 0.6) is 0 Å². The van der Waals surface area contributed by atoms with Crippen LogP contribution in [0.4, 0.5) is 0 Å². The lowest BCUT2D eigenvalue weighted by atomic mass is 9.81. The lowest BCUT2D eigenvalue weighted by Gasteiger charge is -2.33. The molecule has 0 spiro atoms. The molecular weight excluding hydrogens is 404 g/mol. The second-order valence-corrected chi connectivity index (χ2v) is 13.2. The molecule has 3 N–H and O–H groups in total. The molecular formula is C26H48N2O4. The number of esters is 1. The first-order valence-corrected chi connectivity index (χ1v) is 12.7. The van der Waals surface area contributed by atoms with Crippen molar-refractivity contribution in [3.05, 3.63) is 0 Å². The van der Waals surface area contributed by atoms with Crippen molar-refractivity contribution in [2.45, 2.75) is 122 Å². The SMILES string of the molecule is CC1(C)CC(COC(=O)C2CCC(C(O)OCC3CC(C)(C)NC3(C)C)CC2)C(C)(C)N1. The molecule has 0 radical (unpaired) electrons. The predicted molar refractivity (Wildman–Crippen MR) is 127 cm³/mol. The van der Waals surface area contributed by atoms with E-state index >= 15 is 0 Å². The minimum atomic E-state index is -0.751. The number of carbonyl (C=O) groups is 1. The van der Waals surface area contributed by atoms with Crippen LogP contribution >= 0.6 is 0 Å². The van der Waals surface area contributed by atoms with Crippen LogP contribution in [-0.2, 0) is 14.3 Å². The number of aliphatic hydroxyl groups is 1. The Bertz CT molecular complexity index is 665. The van der Waals surface area contributed by atoms with Crippen molar-refractivity contribution in [3.63, 3.8) is 0 Å². The van der Waals surface area contributed by atoms with Gasteiger partial charge in [-0.1, -0.05) is 0 Å². The monoisotopic (exact) mass is 452 g/mol. The largest absolute Gasteiger partial charge is 0.465 e. The van der Waals surface area contributed by atoms with Gasteiger partial charge in [-0.15, -0.1) is 0 Å². The van der Waals surface area contributed by atoms with Crippen molar-refractivity contribution in [3.8, 4) is 0 Å². The molecule has 6 heteroatoms. The highest BCUT2D eigenvalue weighted by molar-refractivity contribution is 5.72. The quantitative estimate of drug-likeness (QED) is 0.400. The molecule has 0 aromatic carbocycles. The fourth-order valence-corrected chi connectivity index (χ4v) is 6.62. The zero-order valence-corrected chi connectivity index (χ0v) is 21.7. The zero-order chi connectivity index (χ0) is 23.9. The van der Waals surface area contributed by atoms with E-state index < -0.39 is 6.29 Å². The van der Waals surface area contributed by atoms with Crippen molar-refractivity contribution in [2.24, 2.45) is 23.7 Å². The highest BCUT2D eigenvalue weighted by Crippen LogP contribution is 2.38. The van der Waals surface area contributed by atoms with Crippen molar-refractivity contribution in [1.82, 2.24) is 10.6 Å². The van der Waals surface area contributed by atoms with Gasteiger partial charge >= 0.3 is 5.97 Å². The summed E-state index contributed by atoms with van der Waals surface area (Å²) in [6, 6.07) is 0. The lowest BCUT2D eigenvalue weighted by Crippen LogP contribution is -2.46. The van der Waals surface area contributed by atoms with Crippen LogP contribution in [0.1, 0.15) is 93.9 Å². The van der Waals surface area contributed by atoms with Crippen LogP contribution < -0.4 is 10.6 Å². The molecule has 0 aromatic heterocycles. The van der Waals surface area contributed by atoms with E-state index in [1.165, 1.54) is 0 Å². The van der Waals surface area contributed by atoms with Crippen LogP contribution in [0.3, 0.4) is 0 Å². The third-order valence-electron chi connectivity index (χ3n) is 8.28. The third kappa shape index (κ3) is 6.25. The Hall–Kier alpha value is -0.690. The average molecular weight is 453 g/mol. The van der Waals surface area contributed by atoms with E-state index in [1.54, 1.807) is 0 Å². The van der Waals surface area contributed by atoms with Gasteiger partial charge in [0.05, 0.1) is 19.1 Å². The summed E-state index contributed by atoms with van der Waals surface area (Å²) in [4.78, 5) is 12.7. The third-order valence-corrected chi connectivity index (χ3v) is 8.28. The minimum absolute atomic E-state index is 0.00323. The highest BCUT2D eigenvalue weighted by atomic mass is 16.6. The molecule has 0 amide bonds. The van der Waals surface area contributed by atoms with E-state index in [-0.39, 0.29) is 40.0 Å². The molecule has 2 saturated heterocycles. The Labute approximate surface area is 195 Å². The fraction of sp³-hybridized carbons (Fsp3) is 0.962. The Balaban J connectivity index is 1.39. The number of carbonyl (C=O) groups excluding carboxylic acids is 1. The van der Waals surface area contributed by atoms with Gasteiger partial charge in [0.1, 0.15) is 0 Å². The molecule has 2 heterocycles. The minimum Gasteiger partial charge on any atom is -0.465 e. The van der Waals surface area contributed by atoms with Gasteiger partial charge in [-0.2, -0.15) is 0 Å². The standard InChI is InChI=1S/C26H48N2O4/c1-23(2)13-19(25(5,6)27-23)15-31-21(29)17-9-11-18(12-10-17)22(30)32-16-20-14-24(3,4)28-26(20,7)8/h17-21,27-29H,9-16H2,1-8H3. The topological polar surface area (TPSA) is 79.8 Å². The van der Waals surface area contributed by atoms with Gasteiger partial charge in [-0.05, 0) is 93.9 Å². The molecule has 186 valence electrons. The Morgan fingerprint density at radius 3 is 1.75 bits per heavy atom. The molecule has 3 unspecified atom stereocenters. The zero-order valence-electron chi connectivity index (χ0n) is 21.7. The van der Waals surface area contributed by atoms with Gasteiger partial charge in [0.15, 0.2) is 6.29 Å². The smallest absolute Gasteiger partial charge is 0.308 e. The number of hydrogen-bond acceptors (Lipinski definition) is 6. The summed E-state index contributed by atoms with van der Waals surface area (Å²) in [6.07, 6.45) is 4.45. The number of nitrogens with one attached hydrogen (secondary N) is 2. The molecule has 1 aliphatic carbocycles. The Morgan fingerprint density at radius 2 is 1.31 bits per heavy atom. The lowest BCUT2D eigenvalue weighted by molar-refractivity contribution is -0.163. The van der Waals surface area contributed by atoms with E-state index in [0.29, 0.717) is 25.0 Å². The number of rotatable bonds is 7. The van der Waals surface area contributed by atoms with E-state index in [0.717, 1.165) is 38.5 Å². The molecule has 3 fully saturated rings. The maximum Gasteiger partial charge on any atom is 0.308 e. The Kier molecular flexibility index (Phi) is 7.42. The van der Waals surface area contributed by atoms with Gasteiger partial charge in [0, 0.05) is 39.9 Å². The Morgan fingerprint density at radius 1 is 0.844 bits per heavy atom.